The topological polar surface area (TPSA) is 64.4 Å². The molecule has 0 aliphatic rings. The summed E-state index contributed by atoms with van der Waals surface area (Å²) in [6.07, 6.45) is 2.21. The lowest BCUT2D eigenvalue weighted by molar-refractivity contribution is 0.0697. The minimum Gasteiger partial charge on any atom is -0.496 e. The number of carboxylic acids is 1. The van der Waals surface area contributed by atoms with Crippen LogP contribution >= 0.6 is 0 Å². The van der Waals surface area contributed by atoms with Crippen LogP contribution < -0.4 is 4.74 Å². The van der Waals surface area contributed by atoms with Crippen LogP contribution in [0, 0.1) is 5.82 Å². The second-order valence-corrected chi connectivity index (χ2v) is 4.28. The van der Waals surface area contributed by atoms with E-state index in [9.17, 15) is 14.3 Å². The number of halogens is 1. The normalized spacial score (nSPS) is 10.6. The molecule has 0 atom stereocenters. The number of aromatic carboxylic acids is 1. The summed E-state index contributed by atoms with van der Waals surface area (Å²) in [5.41, 5.74) is 0.116. The summed E-state index contributed by atoms with van der Waals surface area (Å²) in [5.74, 6) is -1.45. The fraction of sp³-hybridized carbons (Fsp3) is 0.286. The van der Waals surface area contributed by atoms with E-state index >= 15 is 0 Å². The lowest BCUT2D eigenvalue weighted by atomic mass is 10.1. The number of methoxy groups -OCH3 is 1. The molecule has 0 saturated carbocycles. The van der Waals surface area contributed by atoms with Crippen LogP contribution in [0.3, 0.4) is 0 Å². The molecular weight excluding hydrogens is 263 g/mol. The third-order valence-electron chi connectivity index (χ3n) is 2.88. The quantitative estimate of drug-likeness (QED) is 0.913. The maximum atomic E-state index is 14.0. The number of hydrogen-bond donors (Lipinski definition) is 1. The number of aryl methyl sites for hydroxylation is 1. The molecule has 6 heteroatoms. The van der Waals surface area contributed by atoms with E-state index < -0.39 is 11.8 Å². The standard InChI is InChI=1S/C14H15FN2O3/c1-3-7-17-8-9(14(18)19)13(16-17)12-10(15)5-4-6-11(12)20-2/h4-6,8H,3,7H2,1-2H3,(H,18,19). The molecule has 0 unspecified atom stereocenters. The number of carboxylic acid groups (broad SMARTS) is 1. The third-order valence-corrected chi connectivity index (χ3v) is 2.88. The lowest BCUT2D eigenvalue weighted by Crippen LogP contribution is -2.00. The first-order chi connectivity index (χ1) is 9.58. The van der Waals surface area contributed by atoms with E-state index in [0.29, 0.717) is 6.54 Å². The summed E-state index contributed by atoms with van der Waals surface area (Å²) < 4.78 is 20.6. The number of rotatable bonds is 5. The van der Waals surface area contributed by atoms with Crippen LogP contribution in [0.2, 0.25) is 0 Å². The van der Waals surface area contributed by atoms with Crippen molar-refractivity contribution in [1.29, 1.82) is 0 Å². The van der Waals surface area contributed by atoms with Crippen LogP contribution in [0.4, 0.5) is 4.39 Å². The summed E-state index contributed by atoms with van der Waals surface area (Å²) in [6.45, 7) is 2.52. The summed E-state index contributed by atoms with van der Waals surface area (Å²) in [6, 6.07) is 4.33. The van der Waals surface area contributed by atoms with E-state index in [1.54, 1.807) is 6.07 Å². The van der Waals surface area contributed by atoms with E-state index in [-0.39, 0.29) is 22.6 Å². The predicted octanol–water partition coefficient (Wildman–Crippen LogP) is 2.81. The molecule has 0 fully saturated rings. The van der Waals surface area contributed by atoms with Gasteiger partial charge in [-0.1, -0.05) is 13.0 Å². The van der Waals surface area contributed by atoms with Gasteiger partial charge >= 0.3 is 5.97 Å². The van der Waals surface area contributed by atoms with Gasteiger partial charge in [0.25, 0.3) is 0 Å². The second-order valence-electron chi connectivity index (χ2n) is 4.28. The fourth-order valence-corrected chi connectivity index (χ4v) is 2.01. The molecule has 0 radical (unpaired) electrons. The van der Waals surface area contributed by atoms with Gasteiger partial charge in [0.05, 0.1) is 12.7 Å². The van der Waals surface area contributed by atoms with Gasteiger partial charge in [-0.3, -0.25) is 4.68 Å². The van der Waals surface area contributed by atoms with E-state index in [1.807, 2.05) is 6.92 Å². The lowest BCUT2D eigenvalue weighted by Gasteiger charge is -2.08. The van der Waals surface area contributed by atoms with Gasteiger partial charge in [0, 0.05) is 12.7 Å². The molecule has 106 valence electrons. The van der Waals surface area contributed by atoms with Crippen molar-refractivity contribution in [2.45, 2.75) is 19.9 Å². The predicted molar refractivity (Wildman–Crippen MR) is 71.4 cm³/mol. The number of aromatic nitrogens is 2. The Bertz CT molecular complexity index is 637. The molecule has 0 spiro atoms. The van der Waals surface area contributed by atoms with Crippen molar-refractivity contribution < 1.29 is 19.0 Å². The Balaban J connectivity index is 2.65. The maximum Gasteiger partial charge on any atom is 0.339 e. The third kappa shape index (κ3) is 2.49. The highest BCUT2D eigenvalue weighted by Crippen LogP contribution is 2.33. The zero-order valence-corrected chi connectivity index (χ0v) is 11.3. The largest absolute Gasteiger partial charge is 0.496 e. The van der Waals surface area contributed by atoms with Gasteiger partial charge in [-0.25, -0.2) is 9.18 Å². The van der Waals surface area contributed by atoms with Crippen LogP contribution in [0.25, 0.3) is 11.3 Å². The van der Waals surface area contributed by atoms with Gasteiger partial charge < -0.3 is 9.84 Å². The molecule has 20 heavy (non-hydrogen) atoms. The number of benzene rings is 1. The summed E-state index contributed by atoms with van der Waals surface area (Å²) in [5, 5.41) is 13.4. The van der Waals surface area contributed by atoms with Crippen molar-refractivity contribution in [2.75, 3.05) is 7.11 Å². The first kappa shape index (κ1) is 14.0. The Morgan fingerprint density at radius 3 is 2.85 bits per heavy atom. The Labute approximate surface area is 115 Å². The molecule has 2 rings (SSSR count). The fourth-order valence-electron chi connectivity index (χ4n) is 2.01. The van der Waals surface area contributed by atoms with Crippen LogP contribution in [0.15, 0.2) is 24.4 Å². The summed E-state index contributed by atoms with van der Waals surface area (Å²) >= 11 is 0. The monoisotopic (exact) mass is 278 g/mol. The van der Waals surface area contributed by atoms with Gasteiger partial charge in [0.1, 0.15) is 22.8 Å². The molecule has 1 heterocycles. The molecule has 1 aromatic heterocycles. The number of carbonyl (C=O) groups is 1. The van der Waals surface area contributed by atoms with Gasteiger partial charge in [-0.05, 0) is 18.6 Å². The van der Waals surface area contributed by atoms with Gasteiger partial charge in [-0.2, -0.15) is 5.10 Å². The smallest absolute Gasteiger partial charge is 0.339 e. The average molecular weight is 278 g/mol. The second kappa shape index (κ2) is 5.73. The van der Waals surface area contributed by atoms with Crippen LogP contribution in [0.5, 0.6) is 5.75 Å². The number of ether oxygens (including phenoxy) is 1. The van der Waals surface area contributed by atoms with Crippen molar-refractivity contribution >= 4 is 5.97 Å². The summed E-state index contributed by atoms with van der Waals surface area (Å²) in [7, 11) is 1.40. The molecule has 1 aromatic carbocycles. The summed E-state index contributed by atoms with van der Waals surface area (Å²) in [4.78, 5) is 11.3. The average Bonchev–Trinajstić information content (AvgIpc) is 2.82. The first-order valence-corrected chi connectivity index (χ1v) is 6.22. The minimum atomic E-state index is -1.15. The minimum absolute atomic E-state index is 0.0400. The first-order valence-electron chi connectivity index (χ1n) is 6.22. The van der Waals surface area contributed by atoms with Crippen LogP contribution in [-0.2, 0) is 6.54 Å². The zero-order valence-electron chi connectivity index (χ0n) is 11.3. The van der Waals surface area contributed by atoms with E-state index in [0.717, 1.165) is 6.42 Å². The molecule has 0 bridgehead atoms. The van der Waals surface area contributed by atoms with E-state index in [2.05, 4.69) is 5.10 Å². The highest BCUT2D eigenvalue weighted by atomic mass is 19.1. The van der Waals surface area contributed by atoms with E-state index in [1.165, 1.54) is 30.1 Å². The van der Waals surface area contributed by atoms with Gasteiger partial charge in [-0.15, -0.1) is 0 Å². The Morgan fingerprint density at radius 2 is 2.25 bits per heavy atom. The Kier molecular flexibility index (Phi) is 4.02. The molecule has 0 saturated heterocycles. The van der Waals surface area contributed by atoms with E-state index in [4.69, 9.17) is 4.74 Å². The van der Waals surface area contributed by atoms with Gasteiger partial charge in [0.2, 0.25) is 0 Å². The highest BCUT2D eigenvalue weighted by Gasteiger charge is 2.22. The highest BCUT2D eigenvalue weighted by molar-refractivity contribution is 5.95. The number of hydrogen-bond acceptors (Lipinski definition) is 3. The van der Waals surface area contributed by atoms with Crippen molar-refractivity contribution in [3.63, 3.8) is 0 Å². The van der Waals surface area contributed by atoms with Crippen molar-refractivity contribution in [3.05, 3.63) is 35.8 Å². The van der Waals surface area contributed by atoms with Gasteiger partial charge in [0.15, 0.2) is 0 Å². The number of nitrogens with zero attached hydrogens (tertiary/aromatic N) is 2. The van der Waals surface area contributed by atoms with Crippen molar-refractivity contribution in [2.24, 2.45) is 0 Å². The van der Waals surface area contributed by atoms with Crippen molar-refractivity contribution in [1.82, 2.24) is 9.78 Å². The Hall–Kier alpha value is -2.37. The SMILES string of the molecule is CCCn1cc(C(=O)O)c(-c2c(F)cccc2OC)n1. The Morgan fingerprint density at radius 1 is 1.50 bits per heavy atom. The molecule has 0 amide bonds. The molecule has 0 aliphatic heterocycles. The molecule has 2 aromatic rings. The van der Waals surface area contributed by atoms with Crippen LogP contribution in [-0.4, -0.2) is 28.0 Å². The zero-order chi connectivity index (χ0) is 14.7. The molecule has 0 aliphatic carbocycles. The molecule has 1 N–H and O–H groups in total. The van der Waals surface area contributed by atoms with Crippen molar-refractivity contribution in [3.8, 4) is 17.0 Å². The maximum absolute atomic E-state index is 14.0. The van der Waals surface area contributed by atoms with Crippen LogP contribution in [0.1, 0.15) is 23.7 Å². The molecule has 5 nitrogen and oxygen atoms in total. The molecular formula is C14H15FN2O3.